The minimum Gasteiger partial charge on any atom is -0.378 e. The lowest BCUT2D eigenvalue weighted by atomic mass is 9.90. The molecule has 7 nitrogen and oxygen atoms in total. The van der Waals surface area contributed by atoms with E-state index in [0.717, 1.165) is 44.5 Å². The van der Waals surface area contributed by atoms with Crippen LogP contribution >= 0.6 is 24.0 Å². The number of nitrogens with one attached hydrogen (secondary N) is 3. The zero-order chi connectivity index (χ0) is 21.5. The Labute approximate surface area is 207 Å². The van der Waals surface area contributed by atoms with Gasteiger partial charge >= 0.3 is 0 Å². The number of carbonyl (C=O) groups is 1. The van der Waals surface area contributed by atoms with E-state index in [1.54, 1.807) is 0 Å². The van der Waals surface area contributed by atoms with E-state index in [2.05, 4.69) is 58.1 Å². The van der Waals surface area contributed by atoms with E-state index in [1.165, 1.54) is 16.8 Å². The Morgan fingerprint density at radius 2 is 1.88 bits per heavy atom. The average molecular weight is 549 g/mol. The van der Waals surface area contributed by atoms with Gasteiger partial charge in [-0.15, -0.1) is 24.0 Å². The molecule has 8 heteroatoms. The van der Waals surface area contributed by atoms with E-state index >= 15 is 0 Å². The van der Waals surface area contributed by atoms with Crippen LogP contribution in [0.5, 0.6) is 0 Å². The van der Waals surface area contributed by atoms with Gasteiger partial charge in [0.1, 0.15) is 0 Å². The SMILES string of the molecule is CCNC(=NCc1ccccc1N1CCOCC1)NCC1CC(=O)Nc2ccccc21.I. The number of guanidine groups is 1. The molecule has 1 fully saturated rings. The number of aliphatic imine (C=N–C) groups is 1. The number of hydrogen-bond acceptors (Lipinski definition) is 4. The number of halogens is 1. The first-order valence-electron chi connectivity index (χ1n) is 11.1. The third-order valence-corrected chi connectivity index (χ3v) is 5.72. The molecule has 4 rings (SSSR count). The van der Waals surface area contributed by atoms with Gasteiger partial charge in [0.25, 0.3) is 0 Å². The minimum absolute atomic E-state index is 0. The molecule has 0 spiro atoms. The number of anilines is 2. The van der Waals surface area contributed by atoms with Crippen molar-refractivity contribution in [3.05, 3.63) is 59.7 Å². The maximum atomic E-state index is 12.1. The van der Waals surface area contributed by atoms with Crippen molar-refractivity contribution in [3.8, 4) is 0 Å². The first-order chi connectivity index (χ1) is 15.2. The van der Waals surface area contributed by atoms with Crippen LogP contribution < -0.4 is 20.9 Å². The molecule has 2 aliphatic rings. The van der Waals surface area contributed by atoms with Crippen LogP contribution in [0.3, 0.4) is 0 Å². The summed E-state index contributed by atoms with van der Waals surface area (Å²) in [6.07, 6.45) is 0.475. The third-order valence-electron chi connectivity index (χ3n) is 5.72. The molecule has 0 aromatic heterocycles. The average Bonchev–Trinajstić information content (AvgIpc) is 2.81. The number of rotatable bonds is 6. The van der Waals surface area contributed by atoms with Gasteiger partial charge in [-0.1, -0.05) is 36.4 Å². The molecule has 0 saturated carbocycles. The molecule has 1 saturated heterocycles. The van der Waals surface area contributed by atoms with Crippen LogP contribution in [0.1, 0.15) is 30.4 Å². The standard InChI is InChI=1S/C24H31N5O2.HI/c1-2-25-24(27-17-19-15-23(30)28-21-9-5-4-8-20(19)21)26-16-18-7-3-6-10-22(18)29-11-13-31-14-12-29;/h3-10,19H,2,11-17H2,1H3,(H,28,30)(H2,25,26,27);1H. The topological polar surface area (TPSA) is 78.0 Å². The Balaban J connectivity index is 0.00000289. The second-order valence-corrected chi connectivity index (χ2v) is 7.84. The van der Waals surface area contributed by atoms with Gasteiger partial charge in [0, 0.05) is 49.9 Å². The van der Waals surface area contributed by atoms with Crippen molar-refractivity contribution in [3.63, 3.8) is 0 Å². The fraction of sp³-hybridized carbons (Fsp3) is 0.417. The predicted molar refractivity (Wildman–Crippen MR) is 140 cm³/mol. The summed E-state index contributed by atoms with van der Waals surface area (Å²) < 4.78 is 5.50. The van der Waals surface area contributed by atoms with Crippen molar-refractivity contribution in [1.29, 1.82) is 0 Å². The Kier molecular flexibility index (Phi) is 9.16. The second kappa shape index (κ2) is 12.1. The Hall–Kier alpha value is -2.33. The summed E-state index contributed by atoms with van der Waals surface area (Å²) in [5.41, 5.74) is 4.50. The molecule has 2 aromatic carbocycles. The van der Waals surface area contributed by atoms with Gasteiger partial charge in [-0.2, -0.15) is 0 Å². The number of nitrogens with zero attached hydrogens (tertiary/aromatic N) is 2. The summed E-state index contributed by atoms with van der Waals surface area (Å²) >= 11 is 0. The quantitative estimate of drug-likeness (QED) is 0.293. The summed E-state index contributed by atoms with van der Waals surface area (Å²) in [7, 11) is 0. The van der Waals surface area contributed by atoms with Gasteiger partial charge in [0.15, 0.2) is 5.96 Å². The van der Waals surface area contributed by atoms with Crippen LogP contribution in [0.15, 0.2) is 53.5 Å². The van der Waals surface area contributed by atoms with Crippen molar-refractivity contribution in [2.24, 2.45) is 4.99 Å². The smallest absolute Gasteiger partial charge is 0.225 e. The lowest BCUT2D eigenvalue weighted by Crippen LogP contribution is -2.40. The van der Waals surface area contributed by atoms with Crippen LogP contribution in [0.25, 0.3) is 0 Å². The van der Waals surface area contributed by atoms with Gasteiger partial charge in [-0.05, 0) is 30.2 Å². The third kappa shape index (κ3) is 6.13. The van der Waals surface area contributed by atoms with Crippen LogP contribution in [-0.4, -0.2) is 51.3 Å². The molecule has 0 aliphatic carbocycles. The Morgan fingerprint density at radius 1 is 1.12 bits per heavy atom. The zero-order valence-electron chi connectivity index (χ0n) is 18.5. The Morgan fingerprint density at radius 3 is 2.69 bits per heavy atom. The van der Waals surface area contributed by atoms with Crippen molar-refractivity contribution in [2.75, 3.05) is 49.6 Å². The number of carbonyl (C=O) groups excluding carboxylic acids is 1. The first kappa shape index (κ1) is 24.3. The number of morpholine rings is 1. The summed E-state index contributed by atoms with van der Waals surface area (Å²) in [4.78, 5) is 19.3. The predicted octanol–water partition coefficient (Wildman–Crippen LogP) is 3.32. The number of para-hydroxylation sites is 2. The molecule has 1 atom stereocenters. The monoisotopic (exact) mass is 549 g/mol. The van der Waals surface area contributed by atoms with E-state index < -0.39 is 0 Å². The molecule has 2 aliphatic heterocycles. The number of benzene rings is 2. The molecule has 32 heavy (non-hydrogen) atoms. The molecule has 172 valence electrons. The van der Waals surface area contributed by atoms with Crippen LogP contribution in [0.4, 0.5) is 11.4 Å². The van der Waals surface area contributed by atoms with Crippen LogP contribution in [0.2, 0.25) is 0 Å². The van der Waals surface area contributed by atoms with E-state index in [-0.39, 0.29) is 35.8 Å². The number of fused-ring (bicyclic) bond motifs is 1. The molecular formula is C24H32IN5O2. The van der Waals surface area contributed by atoms with Crippen molar-refractivity contribution >= 4 is 47.2 Å². The summed E-state index contributed by atoms with van der Waals surface area (Å²) in [5.74, 6) is 0.948. The van der Waals surface area contributed by atoms with Gasteiger partial charge < -0.3 is 25.6 Å². The highest BCUT2D eigenvalue weighted by Crippen LogP contribution is 2.31. The highest BCUT2D eigenvalue weighted by Gasteiger charge is 2.24. The number of hydrogen-bond donors (Lipinski definition) is 3. The fourth-order valence-electron chi connectivity index (χ4n) is 4.17. The largest absolute Gasteiger partial charge is 0.378 e. The van der Waals surface area contributed by atoms with Crippen LogP contribution in [-0.2, 0) is 16.1 Å². The summed E-state index contributed by atoms with van der Waals surface area (Å²) in [5, 5.41) is 9.74. The fourth-order valence-corrected chi connectivity index (χ4v) is 4.17. The summed E-state index contributed by atoms with van der Waals surface area (Å²) in [6, 6.07) is 16.5. The highest BCUT2D eigenvalue weighted by molar-refractivity contribution is 14.0. The lowest BCUT2D eigenvalue weighted by molar-refractivity contribution is -0.116. The van der Waals surface area contributed by atoms with E-state index in [9.17, 15) is 4.79 Å². The molecule has 0 bridgehead atoms. The second-order valence-electron chi connectivity index (χ2n) is 7.84. The van der Waals surface area contributed by atoms with Crippen molar-refractivity contribution in [1.82, 2.24) is 10.6 Å². The highest BCUT2D eigenvalue weighted by atomic mass is 127. The van der Waals surface area contributed by atoms with E-state index in [1.807, 2.05) is 18.2 Å². The minimum atomic E-state index is 0. The molecule has 1 amide bonds. The van der Waals surface area contributed by atoms with Crippen LogP contribution in [0, 0.1) is 0 Å². The van der Waals surface area contributed by atoms with Gasteiger partial charge in [-0.3, -0.25) is 4.79 Å². The van der Waals surface area contributed by atoms with Crippen molar-refractivity contribution in [2.45, 2.75) is 25.8 Å². The van der Waals surface area contributed by atoms with Crippen molar-refractivity contribution < 1.29 is 9.53 Å². The molecule has 3 N–H and O–H groups in total. The van der Waals surface area contributed by atoms with Gasteiger partial charge in [0.05, 0.1) is 19.8 Å². The lowest BCUT2D eigenvalue weighted by Gasteiger charge is -2.30. The summed E-state index contributed by atoms with van der Waals surface area (Å²) in [6.45, 7) is 7.41. The molecular weight excluding hydrogens is 517 g/mol. The number of ether oxygens (including phenoxy) is 1. The Bertz CT molecular complexity index is 930. The maximum absolute atomic E-state index is 12.1. The van der Waals surface area contributed by atoms with E-state index in [4.69, 9.17) is 9.73 Å². The van der Waals surface area contributed by atoms with Gasteiger partial charge in [-0.25, -0.2) is 4.99 Å². The molecule has 1 unspecified atom stereocenters. The first-order valence-corrected chi connectivity index (χ1v) is 11.1. The normalized spacial score (nSPS) is 18.3. The molecule has 2 heterocycles. The molecule has 2 aromatic rings. The number of amides is 1. The molecule has 0 radical (unpaired) electrons. The zero-order valence-corrected chi connectivity index (χ0v) is 20.8. The maximum Gasteiger partial charge on any atom is 0.225 e. The van der Waals surface area contributed by atoms with E-state index in [0.29, 0.717) is 19.5 Å². The van der Waals surface area contributed by atoms with Gasteiger partial charge in [0.2, 0.25) is 5.91 Å².